The predicted octanol–water partition coefficient (Wildman–Crippen LogP) is 3.52. The van der Waals surface area contributed by atoms with E-state index in [1.807, 2.05) is 24.5 Å². The topological polar surface area (TPSA) is 51.8 Å². The third-order valence-corrected chi connectivity index (χ3v) is 5.58. The van der Waals surface area contributed by atoms with Crippen LogP contribution < -0.4 is 5.73 Å². The molecular formula is C10H10ClN3S3. The Morgan fingerprint density at radius 2 is 2.12 bits per heavy atom. The summed E-state index contributed by atoms with van der Waals surface area (Å²) in [7, 11) is 0. The van der Waals surface area contributed by atoms with Crippen LogP contribution >= 0.6 is 46.5 Å². The van der Waals surface area contributed by atoms with Crippen molar-refractivity contribution >= 4 is 46.5 Å². The highest BCUT2D eigenvalue weighted by Crippen LogP contribution is 2.38. The third kappa shape index (κ3) is 3.14. The highest BCUT2D eigenvalue weighted by Gasteiger charge is 2.11. The maximum Gasteiger partial charge on any atom is 0.179 e. The van der Waals surface area contributed by atoms with Crippen LogP contribution in [0.4, 0.5) is 0 Å². The Bertz CT molecular complexity index is 515. The highest BCUT2D eigenvalue weighted by atomic mass is 35.5. The van der Waals surface area contributed by atoms with Gasteiger partial charge in [-0.2, -0.15) is 0 Å². The lowest BCUT2D eigenvalue weighted by Gasteiger charge is -2.06. The van der Waals surface area contributed by atoms with Crippen molar-refractivity contribution in [1.29, 1.82) is 0 Å². The number of halogens is 1. The third-order valence-electron chi connectivity index (χ3n) is 2.02. The van der Waals surface area contributed by atoms with E-state index in [2.05, 4.69) is 10.2 Å². The molecule has 0 saturated carbocycles. The van der Waals surface area contributed by atoms with E-state index in [-0.39, 0.29) is 0 Å². The molecule has 0 aliphatic carbocycles. The van der Waals surface area contributed by atoms with E-state index in [0.29, 0.717) is 11.6 Å². The van der Waals surface area contributed by atoms with Gasteiger partial charge in [-0.05, 0) is 17.9 Å². The molecule has 7 heteroatoms. The highest BCUT2D eigenvalue weighted by molar-refractivity contribution is 8.03. The zero-order chi connectivity index (χ0) is 12.3. The Kier molecular flexibility index (Phi) is 4.69. The summed E-state index contributed by atoms with van der Waals surface area (Å²) in [5, 5.41) is 8.87. The zero-order valence-electron chi connectivity index (χ0n) is 9.01. The normalized spacial score (nSPS) is 10.8. The van der Waals surface area contributed by atoms with Gasteiger partial charge in [0, 0.05) is 11.4 Å². The van der Waals surface area contributed by atoms with Crippen molar-refractivity contribution in [2.24, 2.45) is 5.73 Å². The van der Waals surface area contributed by atoms with Gasteiger partial charge < -0.3 is 5.73 Å². The first-order valence-corrected chi connectivity index (χ1v) is 8.01. The first kappa shape index (κ1) is 13.2. The van der Waals surface area contributed by atoms with Gasteiger partial charge in [0.25, 0.3) is 0 Å². The molecule has 0 bridgehead atoms. The van der Waals surface area contributed by atoms with Crippen molar-refractivity contribution in [3.8, 4) is 0 Å². The fourth-order valence-corrected chi connectivity index (χ4v) is 4.07. The summed E-state index contributed by atoms with van der Waals surface area (Å²) in [5.74, 6) is 0. The quantitative estimate of drug-likeness (QED) is 0.876. The Hall–Kier alpha value is -0.270. The van der Waals surface area contributed by atoms with Crippen molar-refractivity contribution in [2.75, 3.05) is 6.26 Å². The van der Waals surface area contributed by atoms with Gasteiger partial charge in [-0.25, -0.2) is 0 Å². The second kappa shape index (κ2) is 6.06. The van der Waals surface area contributed by atoms with Crippen LogP contribution in [0.3, 0.4) is 0 Å². The van der Waals surface area contributed by atoms with Crippen molar-refractivity contribution in [3.63, 3.8) is 0 Å². The molecule has 1 aromatic carbocycles. The largest absolute Gasteiger partial charge is 0.326 e. The van der Waals surface area contributed by atoms with Gasteiger partial charge in [0.05, 0.1) is 5.02 Å². The Morgan fingerprint density at radius 1 is 1.35 bits per heavy atom. The van der Waals surface area contributed by atoms with Crippen molar-refractivity contribution in [3.05, 3.63) is 28.8 Å². The van der Waals surface area contributed by atoms with Crippen LogP contribution in [0.15, 0.2) is 31.8 Å². The number of hydrogen-bond donors (Lipinski definition) is 1. The van der Waals surface area contributed by atoms with Crippen LogP contribution in [0.25, 0.3) is 0 Å². The molecule has 0 spiro atoms. The molecule has 3 nitrogen and oxygen atoms in total. The fraction of sp³-hybridized carbons (Fsp3) is 0.200. The van der Waals surface area contributed by atoms with Crippen LogP contribution in [0, 0.1) is 0 Å². The van der Waals surface area contributed by atoms with Gasteiger partial charge >= 0.3 is 0 Å². The summed E-state index contributed by atoms with van der Waals surface area (Å²) in [6.07, 6.45) is 1.98. The second-order valence-corrected chi connectivity index (χ2v) is 6.77. The lowest BCUT2D eigenvalue weighted by atomic mass is 10.2. The Morgan fingerprint density at radius 3 is 2.76 bits per heavy atom. The minimum atomic E-state index is 0.469. The lowest BCUT2D eigenvalue weighted by Crippen LogP contribution is -1.98. The molecule has 1 heterocycles. The number of benzene rings is 1. The number of aromatic nitrogens is 2. The first-order valence-electron chi connectivity index (χ1n) is 4.77. The standard InChI is InChI=1S/C10H10ClN3S3/c1-15-9-13-14-10(17-9)16-8-6(5-12)3-2-4-7(8)11/h2-4H,5,12H2,1H3. The van der Waals surface area contributed by atoms with E-state index in [4.69, 9.17) is 17.3 Å². The number of hydrogen-bond acceptors (Lipinski definition) is 6. The monoisotopic (exact) mass is 303 g/mol. The average Bonchev–Trinajstić information content (AvgIpc) is 2.79. The van der Waals surface area contributed by atoms with Gasteiger partial charge in [-0.15, -0.1) is 10.2 Å². The second-order valence-electron chi connectivity index (χ2n) is 3.07. The maximum atomic E-state index is 6.17. The number of rotatable bonds is 4. The van der Waals surface area contributed by atoms with Gasteiger partial charge in [0.1, 0.15) is 0 Å². The Labute approximate surface area is 117 Å². The summed E-state index contributed by atoms with van der Waals surface area (Å²) >= 11 is 10.8. The molecule has 0 radical (unpaired) electrons. The number of thioether (sulfide) groups is 1. The predicted molar refractivity (Wildman–Crippen MR) is 75.2 cm³/mol. The van der Waals surface area contributed by atoms with E-state index in [0.717, 1.165) is 19.1 Å². The number of nitrogens with zero attached hydrogens (tertiary/aromatic N) is 2. The molecule has 2 rings (SSSR count). The summed E-state index contributed by atoms with van der Waals surface area (Å²) in [4.78, 5) is 0.973. The van der Waals surface area contributed by atoms with Crippen molar-refractivity contribution in [2.45, 2.75) is 20.1 Å². The number of nitrogens with two attached hydrogens (primary N) is 1. The van der Waals surface area contributed by atoms with E-state index >= 15 is 0 Å². The molecule has 0 atom stereocenters. The molecule has 0 unspecified atom stereocenters. The molecule has 0 aliphatic heterocycles. The van der Waals surface area contributed by atoms with Crippen molar-refractivity contribution < 1.29 is 0 Å². The summed E-state index contributed by atoms with van der Waals surface area (Å²) in [6, 6.07) is 5.74. The van der Waals surface area contributed by atoms with Crippen LogP contribution in [-0.2, 0) is 6.54 Å². The summed E-state index contributed by atoms with van der Waals surface area (Å²) < 4.78 is 1.84. The van der Waals surface area contributed by atoms with Gasteiger partial charge in [-0.3, -0.25) is 0 Å². The minimum Gasteiger partial charge on any atom is -0.326 e. The van der Waals surface area contributed by atoms with Crippen LogP contribution in [-0.4, -0.2) is 16.5 Å². The molecule has 0 aliphatic rings. The molecule has 0 amide bonds. The molecule has 0 saturated heterocycles. The van der Waals surface area contributed by atoms with E-state index < -0.39 is 0 Å². The fourth-order valence-electron chi connectivity index (χ4n) is 1.24. The lowest BCUT2D eigenvalue weighted by molar-refractivity contribution is 0.953. The van der Waals surface area contributed by atoms with E-state index in [1.165, 1.54) is 11.8 Å². The van der Waals surface area contributed by atoms with E-state index in [1.54, 1.807) is 23.1 Å². The van der Waals surface area contributed by atoms with Crippen molar-refractivity contribution in [1.82, 2.24) is 10.2 Å². The minimum absolute atomic E-state index is 0.469. The molecule has 17 heavy (non-hydrogen) atoms. The molecule has 90 valence electrons. The molecular weight excluding hydrogens is 294 g/mol. The summed E-state index contributed by atoms with van der Waals surface area (Å²) in [5.41, 5.74) is 6.73. The molecule has 0 fully saturated rings. The SMILES string of the molecule is CSc1nnc(Sc2c(Cl)cccc2CN)s1. The molecule has 2 aromatic rings. The van der Waals surface area contributed by atoms with Crippen LogP contribution in [0.2, 0.25) is 5.02 Å². The average molecular weight is 304 g/mol. The smallest absolute Gasteiger partial charge is 0.179 e. The zero-order valence-corrected chi connectivity index (χ0v) is 12.2. The summed E-state index contributed by atoms with van der Waals surface area (Å²) in [6.45, 7) is 0.469. The van der Waals surface area contributed by atoms with E-state index in [9.17, 15) is 0 Å². The van der Waals surface area contributed by atoms with Crippen LogP contribution in [0.1, 0.15) is 5.56 Å². The Balaban J connectivity index is 2.28. The first-order chi connectivity index (χ1) is 8.24. The van der Waals surface area contributed by atoms with Gasteiger partial charge in [-0.1, -0.05) is 58.6 Å². The molecule has 1 aromatic heterocycles. The maximum absolute atomic E-state index is 6.17. The van der Waals surface area contributed by atoms with Gasteiger partial charge in [0.15, 0.2) is 8.68 Å². The molecule has 2 N–H and O–H groups in total. The van der Waals surface area contributed by atoms with Gasteiger partial charge in [0.2, 0.25) is 0 Å². The van der Waals surface area contributed by atoms with Crippen LogP contribution in [0.5, 0.6) is 0 Å².